The van der Waals surface area contributed by atoms with E-state index in [-0.39, 0.29) is 11.3 Å². The zero-order valence-electron chi connectivity index (χ0n) is 9.85. The van der Waals surface area contributed by atoms with E-state index >= 15 is 0 Å². The first-order valence-corrected chi connectivity index (χ1v) is 8.37. The molecule has 3 N–H and O–H groups in total. The van der Waals surface area contributed by atoms with Crippen molar-refractivity contribution in [2.75, 3.05) is 5.75 Å². The van der Waals surface area contributed by atoms with Crippen LogP contribution in [0.1, 0.15) is 35.7 Å². The summed E-state index contributed by atoms with van der Waals surface area (Å²) < 4.78 is 24.2. The van der Waals surface area contributed by atoms with Gasteiger partial charge in [0.1, 0.15) is 0 Å². The van der Waals surface area contributed by atoms with Gasteiger partial charge in [-0.15, -0.1) is 11.3 Å². The maximum Gasteiger partial charge on any atom is 0.155 e. The summed E-state index contributed by atoms with van der Waals surface area (Å²) in [5.41, 5.74) is 3.81. The number of thiophene rings is 1. The van der Waals surface area contributed by atoms with E-state index in [1.54, 1.807) is 11.3 Å². The van der Waals surface area contributed by atoms with Crippen LogP contribution in [0.4, 0.5) is 0 Å². The molecule has 0 spiro atoms. The Hall–Kier alpha value is -0.430. The topological polar surface area (TPSA) is 72.2 Å². The molecule has 1 fully saturated rings. The van der Waals surface area contributed by atoms with Gasteiger partial charge in [0, 0.05) is 4.88 Å². The molecule has 1 aromatic heterocycles. The molecule has 0 aliphatic carbocycles. The maximum absolute atomic E-state index is 12.1. The number of hydrazine groups is 1. The molecule has 17 heavy (non-hydrogen) atoms. The van der Waals surface area contributed by atoms with Gasteiger partial charge in [-0.05, 0) is 36.8 Å². The van der Waals surface area contributed by atoms with Gasteiger partial charge in [-0.25, -0.2) is 8.42 Å². The third kappa shape index (κ3) is 2.54. The minimum Gasteiger partial charge on any atom is -0.271 e. The van der Waals surface area contributed by atoms with E-state index in [0.717, 1.165) is 23.3 Å². The summed E-state index contributed by atoms with van der Waals surface area (Å²) in [6, 6.07) is 1.74. The average molecular weight is 274 g/mol. The minimum absolute atomic E-state index is 0.264. The Morgan fingerprint density at radius 2 is 2.29 bits per heavy atom. The zero-order valence-corrected chi connectivity index (χ0v) is 11.5. The highest BCUT2D eigenvalue weighted by atomic mass is 32.2. The second-order valence-electron chi connectivity index (χ2n) is 4.51. The highest BCUT2D eigenvalue weighted by Crippen LogP contribution is 2.34. The monoisotopic (exact) mass is 274 g/mol. The molecule has 1 saturated heterocycles. The predicted molar refractivity (Wildman–Crippen MR) is 70.5 cm³/mol. The van der Waals surface area contributed by atoms with Gasteiger partial charge in [0.15, 0.2) is 9.84 Å². The second-order valence-corrected chi connectivity index (χ2v) is 7.80. The SMILES string of the molecule is Cc1ccsc1C(NN)C1CCCCS1(=O)=O. The third-order valence-corrected chi connectivity index (χ3v) is 6.75. The first kappa shape index (κ1) is 13.0. The van der Waals surface area contributed by atoms with Crippen molar-refractivity contribution in [1.82, 2.24) is 5.43 Å². The van der Waals surface area contributed by atoms with Crippen molar-refractivity contribution in [2.24, 2.45) is 5.84 Å². The number of aryl methyl sites for hydroxylation is 1. The summed E-state index contributed by atoms with van der Waals surface area (Å²) in [4.78, 5) is 1.04. The molecule has 2 atom stereocenters. The van der Waals surface area contributed by atoms with E-state index < -0.39 is 9.84 Å². The van der Waals surface area contributed by atoms with Crippen LogP contribution in [0.5, 0.6) is 0 Å². The maximum atomic E-state index is 12.1. The summed E-state index contributed by atoms with van der Waals surface area (Å²) in [5, 5.41) is 1.60. The summed E-state index contributed by atoms with van der Waals surface area (Å²) in [6.45, 7) is 1.99. The smallest absolute Gasteiger partial charge is 0.155 e. The molecule has 1 aliphatic heterocycles. The largest absolute Gasteiger partial charge is 0.271 e. The van der Waals surface area contributed by atoms with Crippen molar-refractivity contribution >= 4 is 21.2 Å². The van der Waals surface area contributed by atoms with Gasteiger partial charge in [0.2, 0.25) is 0 Å². The molecule has 2 heterocycles. The lowest BCUT2D eigenvalue weighted by molar-refractivity contribution is 0.457. The Balaban J connectivity index is 2.33. The number of rotatable bonds is 3. The number of nitrogens with one attached hydrogen (secondary N) is 1. The van der Waals surface area contributed by atoms with Gasteiger partial charge in [-0.1, -0.05) is 6.42 Å². The van der Waals surface area contributed by atoms with Crippen LogP contribution in [0, 0.1) is 6.92 Å². The van der Waals surface area contributed by atoms with Gasteiger partial charge < -0.3 is 0 Å². The molecule has 96 valence electrons. The average Bonchev–Trinajstić information content (AvgIpc) is 2.68. The Morgan fingerprint density at radius 3 is 2.82 bits per heavy atom. The normalized spacial score (nSPS) is 25.6. The molecule has 4 nitrogen and oxygen atoms in total. The van der Waals surface area contributed by atoms with Crippen LogP contribution in [0.2, 0.25) is 0 Å². The lowest BCUT2D eigenvalue weighted by Gasteiger charge is -2.29. The second kappa shape index (κ2) is 5.06. The third-order valence-electron chi connectivity index (χ3n) is 3.36. The summed E-state index contributed by atoms with van der Waals surface area (Å²) in [7, 11) is -3.01. The van der Waals surface area contributed by atoms with Crippen molar-refractivity contribution in [3.8, 4) is 0 Å². The first-order chi connectivity index (χ1) is 8.06. The van der Waals surface area contributed by atoms with Crippen LogP contribution >= 0.6 is 11.3 Å². The molecule has 1 aliphatic rings. The Kier molecular flexibility index (Phi) is 3.87. The van der Waals surface area contributed by atoms with E-state index in [9.17, 15) is 8.42 Å². The molecular formula is C11H18N2O2S2. The fourth-order valence-corrected chi connectivity index (χ4v) is 5.61. The molecule has 0 radical (unpaired) electrons. The molecule has 0 aromatic carbocycles. The van der Waals surface area contributed by atoms with E-state index in [4.69, 9.17) is 5.84 Å². The zero-order chi connectivity index (χ0) is 12.5. The van der Waals surface area contributed by atoms with Crippen LogP contribution in [0.3, 0.4) is 0 Å². The summed E-state index contributed by atoms with van der Waals surface area (Å²) >= 11 is 1.57. The molecule has 0 saturated carbocycles. The van der Waals surface area contributed by atoms with E-state index in [1.807, 2.05) is 18.4 Å². The lowest BCUT2D eigenvalue weighted by atomic mass is 10.0. The highest BCUT2D eigenvalue weighted by molar-refractivity contribution is 7.92. The quantitative estimate of drug-likeness (QED) is 0.647. The Morgan fingerprint density at radius 1 is 1.53 bits per heavy atom. The van der Waals surface area contributed by atoms with Crippen LogP contribution in [-0.4, -0.2) is 19.4 Å². The van der Waals surface area contributed by atoms with Crippen LogP contribution in [0.25, 0.3) is 0 Å². The fourth-order valence-electron chi connectivity index (χ4n) is 2.41. The lowest BCUT2D eigenvalue weighted by Crippen LogP contribution is -2.43. The van der Waals surface area contributed by atoms with Crippen molar-refractivity contribution in [2.45, 2.75) is 37.5 Å². The van der Waals surface area contributed by atoms with Crippen molar-refractivity contribution in [3.05, 3.63) is 21.9 Å². The predicted octanol–water partition coefficient (Wildman–Crippen LogP) is 1.53. The number of hydrogen-bond acceptors (Lipinski definition) is 5. The van der Waals surface area contributed by atoms with Gasteiger partial charge in [-0.2, -0.15) is 0 Å². The van der Waals surface area contributed by atoms with E-state index in [0.29, 0.717) is 12.2 Å². The van der Waals surface area contributed by atoms with Gasteiger partial charge >= 0.3 is 0 Å². The van der Waals surface area contributed by atoms with Crippen LogP contribution in [-0.2, 0) is 9.84 Å². The van der Waals surface area contributed by atoms with Crippen molar-refractivity contribution < 1.29 is 8.42 Å². The van der Waals surface area contributed by atoms with Crippen LogP contribution < -0.4 is 11.3 Å². The van der Waals surface area contributed by atoms with Crippen molar-refractivity contribution in [1.29, 1.82) is 0 Å². The minimum atomic E-state index is -3.01. The van der Waals surface area contributed by atoms with E-state index in [2.05, 4.69) is 5.43 Å². The molecule has 2 rings (SSSR count). The summed E-state index contributed by atoms with van der Waals surface area (Å²) in [5.74, 6) is 5.87. The molecule has 6 heteroatoms. The van der Waals surface area contributed by atoms with Crippen molar-refractivity contribution in [3.63, 3.8) is 0 Å². The number of sulfone groups is 1. The summed E-state index contributed by atoms with van der Waals surface area (Å²) in [6.07, 6.45) is 2.45. The molecule has 1 aromatic rings. The van der Waals surface area contributed by atoms with Gasteiger partial charge in [0.05, 0.1) is 17.0 Å². The Bertz CT molecular complexity index is 481. The van der Waals surface area contributed by atoms with E-state index in [1.165, 1.54) is 0 Å². The fraction of sp³-hybridized carbons (Fsp3) is 0.636. The van der Waals surface area contributed by atoms with Gasteiger partial charge in [0.25, 0.3) is 0 Å². The standard InChI is InChI=1S/C11H18N2O2S2/c1-8-5-6-16-11(8)10(13-12)9-4-2-3-7-17(9,14)15/h5-6,9-10,13H,2-4,7,12H2,1H3. The molecule has 0 amide bonds. The molecule has 0 bridgehead atoms. The number of hydrogen-bond donors (Lipinski definition) is 2. The van der Waals surface area contributed by atoms with Crippen LogP contribution in [0.15, 0.2) is 11.4 Å². The number of nitrogens with two attached hydrogens (primary N) is 1. The first-order valence-electron chi connectivity index (χ1n) is 5.78. The van der Waals surface area contributed by atoms with Gasteiger partial charge in [-0.3, -0.25) is 11.3 Å². The Labute approximate surface area is 106 Å². The molecule has 2 unspecified atom stereocenters. The highest BCUT2D eigenvalue weighted by Gasteiger charge is 2.36. The molecular weight excluding hydrogens is 256 g/mol.